The van der Waals surface area contributed by atoms with Gasteiger partial charge in [0.15, 0.2) is 0 Å². The van der Waals surface area contributed by atoms with Crippen LogP contribution in [0.15, 0.2) is 18.3 Å². The Labute approximate surface area is 126 Å². The first kappa shape index (κ1) is 16.3. The highest BCUT2D eigenvalue weighted by Gasteiger charge is 2.20. The van der Waals surface area contributed by atoms with E-state index in [9.17, 15) is 4.39 Å². The van der Waals surface area contributed by atoms with E-state index in [1.54, 1.807) is 6.07 Å². The summed E-state index contributed by atoms with van der Waals surface area (Å²) in [5.41, 5.74) is 6.99. The fourth-order valence-electron chi connectivity index (χ4n) is 2.93. The Kier molecular flexibility index (Phi) is 6.08. The minimum Gasteiger partial charge on any atom is -0.381 e. The number of halogens is 1. The van der Waals surface area contributed by atoms with Gasteiger partial charge in [0.25, 0.3) is 0 Å². The molecule has 2 N–H and O–H groups in total. The molecule has 118 valence electrons. The second-order valence-electron chi connectivity index (χ2n) is 6.18. The van der Waals surface area contributed by atoms with Gasteiger partial charge >= 0.3 is 0 Å². The summed E-state index contributed by atoms with van der Waals surface area (Å²) in [6.07, 6.45) is 3.52. The van der Waals surface area contributed by atoms with Gasteiger partial charge in [-0.25, -0.2) is 4.39 Å². The molecule has 1 aliphatic rings. The lowest BCUT2D eigenvalue weighted by atomic mass is 9.96. The highest BCUT2D eigenvalue weighted by molar-refractivity contribution is 5.10. The molecule has 2 atom stereocenters. The molecule has 4 nitrogen and oxygen atoms in total. The van der Waals surface area contributed by atoms with E-state index in [0.717, 1.165) is 50.8 Å². The van der Waals surface area contributed by atoms with Crippen molar-refractivity contribution in [2.75, 3.05) is 33.4 Å². The molecule has 0 aromatic carbocycles. The summed E-state index contributed by atoms with van der Waals surface area (Å²) in [6, 6.07) is 2.93. The van der Waals surface area contributed by atoms with Gasteiger partial charge in [-0.2, -0.15) is 0 Å². The van der Waals surface area contributed by atoms with Gasteiger partial charge in [0, 0.05) is 26.3 Å². The van der Waals surface area contributed by atoms with Crippen LogP contribution in [0.4, 0.5) is 4.39 Å². The molecular weight excluding hydrogens is 269 g/mol. The topological polar surface area (TPSA) is 51.4 Å². The summed E-state index contributed by atoms with van der Waals surface area (Å²) in [6.45, 7) is 5.88. The maximum Gasteiger partial charge on any atom is 0.141 e. The molecule has 21 heavy (non-hydrogen) atoms. The zero-order valence-electron chi connectivity index (χ0n) is 13.0. The predicted molar refractivity (Wildman–Crippen MR) is 81.3 cm³/mol. The van der Waals surface area contributed by atoms with E-state index in [1.807, 2.05) is 0 Å². The molecule has 0 bridgehead atoms. The second-order valence-corrected chi connectivity index (χ2v) is 6.18. The van der Waals surface area contributed by atoms with Crippen LogP contribution in [0.3, 0.4) is 0 Å². The van der Waals surface area contributed by atoms with Crippen LogP contribution in [0.25, 0.3) is 0 Å². The number of pyridine rings is 1. The molecule has 1 fully saturated rings. The number of hydrogen-bond acceptors (Lipinski definition) is 4. The Hall–Kier alpha value is -1.04. The van der Waals surface area contributed by atoms with E-state index in [-0.39, 0.29) is 17.8 Å². The summed E-state index contributed by atoms with van der Waals surface area (Å²) in [5, 5.41) is 0. The first-order chi connectivity index (χ1) is 10.1. The summed E-state index contributed by atoms with van der Waals surface area (Å²) >= 11 is 0. The molecule has 0 aliphatic carbocycles. The molecule has 5 heteroatoms. The molecule has 2 unspecified atom stereocenters. The monoisotopic (exact) mass is 295 g/mol. The Morgan fingerprint density at radius 1 is 1.43 bits per heavy atom. The lowest BCUT2D eigenvalue weighted by Crippen LogP contribution is -2.35. The van der Waals surface area contributed by atoms with Crippen LogP contribution < -0.4 is 5.73 Å². The van der Waals surface area contributed by atoms with E-state index in [4.69, 9.17) is 10.5 Å². The highest BCUT2D eigenvalue weighted by atomic mass is 19.1. The van der Waals surface area contributed by atoms with Gasteiger partial charge in [-0.05, 0) is 43.9 Å². The molecule has 0 saturated carbocycles. The standard InChI is InChI=1S/C16H26FN3O/c1-12(16(18)15-4-3-14(17)9-19-15)10-20(2)11-13-5-7-21-8-6-13/h3-4,9,12-13,16H,5-8,10-11,18H2,1-2H3. The molecule has 1 aromatic heterocycles. The number of nitrogens with zero attached hydrogens (tertiary/aromatic N) is 2. The quantitative estimate of drug-likeness (QED) is 0.874. The van der Waals surface area contributed by atoms with Gasteiger partial charge in [-0.1, -0.05) is 6.92 Å². The van der Waals surface area contributed by atoms with E-state index < -0.39 is 0 Å². The van der Waals surface area contributed by atoms with Crippen molar-refractivity contribution in [3.8, 4) is 0 Å². The zero-order valence-corrected chi connectivity index (χ0v) is 13.0. The van der Waals surface area contributed by atoms with Crippen molar-refractivity contribution in [3.63, 3.8) is 0 Å². The fourth-order valence-corrected chi connectivity index (χ4v) is 2.93. The van der Waals surface area contributed by atoms with Crippen molar-refractivity contribution < 1.29 is 9.13 Å². The van der Waals surface area contributed by atoms with Crippen molar-refractivity contribution in [3.05, 3.63) is 29.8 Å². The SMILES string of the molecule is CC(CN(C)CC1CCOCC1)C(N)c1ccc(F)cn1. The zero-order chi connectivity index (χ0) is 15.2. The third-order valence-corrected chi connectivity index (χ3v) is 4.22. The summed E-state index contributed by atoms with van der Waals surface area (Å²) in [5.74, 6) is 0.666. The first-order valence-corrected chi connectivity index (χ1v) is 7.69. The lowest BCUT2D eigenvalue weighted by Gasteiger charge is -2.30. The van der Waals surface area contributed by atoms with Gasteiger partial charge in [-0.15, -0.1) is 0 Å². The average Bonchev–Trinajstić information content (AvgIpc) is 2.48. The number of ether oxygens (including phenoxy) is 1. The Morgan fingerprint density at radius 2 is 2.14 bits per heavy atom. The van der Waals surface area contributed by atoms with Crippen molar-refractivity contribution >= 4 is 0 Å². The minimum atomic E-state index is -0.324. The normalized spacial score (nSPS) is 19.7. The van der Waals surface area contributed by atoms with Crippen LogP contribution in [0.2, 0.25) is 0 Å². The van der Waals surface area contributed by atoms with Gasteiger partial charge in [0.05, 0.1) is 17.9 Å². The maximum atomic E-state index is 12.9. The smallest absolute Gasteiger partial charge is 0.141 e. The van der Waals surface area contributed by atoms with Crippen LogP contribution in [0, 0.1) is 17.7 Å². The maximum absolute atomic E-state index is 12.9. The second kappa shape index (κ2) is 7.82. The van der Waals surface area contributed by atoms with Crippen LogP contribution in [0.1, 0.15) is 31.5 Å². The van der Waals surface area contributed by atoms with Gasteiger partial charge < -0.3 is 15.4 Å². The molecule has 2 rings (SSSR count). The number of rotatable bonds is 6. The van der Waals surface area contributed by atoms with Crippen molar-refractivity contribution in [1.29, 1.82) is 0 Å². The molecule has 0 amide bonds. The van der Waals surface area contributed by atoms with Crippen LogP contribution in [-0.2, 0) is 4.74 Å². The third-order valence-electron chi connectivity index (χ3n) is 4.22. The summed E-state index contributed by atoms with van der Waals surface area (Å²) in [7, 11) is 2.14. The molecule has 0 radical (unpaired) electrons. The molecule has 1 aromatic rings. The summed E-state index contributed by atoms with van der Waals surface area (Å²) in [4.78, 5) is 6.42. The predicted octanol–water partition coefficient (Wildman–Crippen LogP) is 2.21. The van der Waals surface area contributed by atoms with Gasteiger partial charge in [0.1, 0.15) is 5.82 Å². The Balaban J connectivity index is 1.81. The third kappa shape index (κ3) is 5.02. The van der Waals surface area contributed by atoms with Gasteiger partial charge in [-0.3, -0.25) is 4.98 Å². The number of nitrogens with two attached hydrogens (primary N) is 1. The van der Waals surface area contributed by atoms with Crippen LogP contribution >= 0.6 is 0 Å². The molecular formula is C16H26FN3O. The van der Waals surface area contributed by atoms with Crippen molar-refractivity contribution in [2.45, 2.75) is 25.8 Å². The van der Waals surface area contributed by atoms with Crippen LogP contribution in [-0.4, -0.2) is 43.2 Å². The highest BCUT2D eigenvalue weighted by Crippen LogP contribution is 2.20. The Morgan fingerprint density at radius 3 is 2.76 bits per heavy atom. The van der Waals surface area contributed by atoms with E-state index in [2.05, 4.69) is 23.9 Å². The number of aromatic nitrogens is 1. The Bertz CT molecular complexity index is 420. The van der Waals surface area contributed by atoms with Crippen LogP contribution in [0.5, 0.6) is 0 Å². The molecule has 0 spiro atoms. The van der Waals surface area contributed by atoms with Crippen molar-refractivity contribution in [2.24, 2.45) is 17.6 Å². The molecule has 2 heterocycles. The van der Waals surface area contributed by atoms with E-state index >= 15 is 0 Å². The average molecular weight is 295 g/mol. The minimum absolute atomic E-state index is 0.164. The first-order valence-electron chi connectivity index (χ1n) is 7.69. The largest absolute Gasteiger partial charge is 0.381 e. The lowest BCUT2D eigenvalue weighted by molar-refractivity contribution is 0.0538. The van der Waals surface area contributed by atoms with Crippen molar-refractivity contribution in [1.82, 2.24) is 9.88 Å². The fraction of sp³-hybridized carbons (Fsp3) is 0.688. The molecule has 1 aliphatic heterocycles. The number of hydrogen-bond donors (Lipinski definition) is 1. The van der Waals surface area contributed by atoms with Gasteiger partial charge in [0.2, 0.25) is 0 Å². The summed E-state index contributed by atoms with van der Waals surface area (Å²) < 4.78 is 18.3. The van der Waals surface area contributed by atoms with E-state index in [0.29, 0.717) is 0 Å². The molecule has 1 saturated heterocycles. The van der Waals surface area contributed by atoms with E-state index in [1.165, 1.54) is 12.3 Å².